The average molecular weight is 568 g/mol. The molecule has 0 unspecified atom stereocenters. The van der Waals surface area contributed by atoms with E-state index in [1.807, 2.05) is 0 Å². The van der Waals surface area contributed by atoms with Crippen molar-refractivity contribution in [2.75, 3.05) is 18.0 Å². The van der Waals surface area contributed by atoms with Crippen LogP contribution in [0.3, 0.4) is 0 Å². The molecule has 16 heteroatoms. The predicted octanol–water partition coefficient (Wildman–Crippen LogP) is 2.58. The van der Waals surface area contributed by atoms with E-state index in [2.05, 4.69) is 12.6 Å². The van der Waals surface area contributed by atoms with E-state index in [0.717, 1.165) is 24.3 Å². The summed E-state index contributed by atoms with van der Waals surface area (Å²) < 4.78 is 36.8. The van der Waals surface area contributed by atoms with Gasteiger partial charge in [0.25, 0.3) is 15.8 Å². The van der Waals surface area contributed by atoms with Crippen molar-refractivity contribution in [3.8, 4) is 0 Å². The number of carbonyl (C=O) groups excluding carboxylic acids is 3. The average Bonchev–Trinajstić information content (AvgIpc) is 3.32. The summed E-state index contributed by atoms with van der Waals surface area (Å²) in [6, 6.07) is 9.11. The van der Waals surface area contributed by atoms with E-state index in [1.54, 1.807) is 0 Å². The first kappa shape index (κ1) is 28.5. The van der Waals surface area contributed by atoms with Gasteiger partial charge in [0.1, 0.15) is 12.5 Å². The number of likely N-dealkylation sites (tertiary alicyclic amines) is 1. The lowest BCUT2D eigenvalue weighted by Crippen LogP contribution is -2.45. The smallest absolute Gasteiger partial charge is 0.418 e. The van der Waals surface area contributed by atoms with Gasteiger partial charge in [-0.1, -0.05) is 0 Å². The highest BCUT2D eigenvalue weighted by atomic mass is 32.2. The summed E-state index contributed by atoms with van der Waals surface area (Å²) in [5.74, 6) is -3.50. The second-order valence-corrected chi connectivity index (χ2v) is 10.1. The van der Waals surface area contributed by atoms with Gasteiger partial charge in [-0.3, -0.25) is 24.3 Å². The first-order valence-electron chi connectivity index (χ1n) is 10.8. The van der Waals surface area contributed by atoms with Crippen LogP contribution in [0.15, 0.2) is 53.4 Å². The number of nitro benzene ring substituents is 1. The van der Waals surface area contributed by atoms with Gasteiger partial charge >= 0.3 is 12.2 Å². The molecule has 0 spiro atoms. The molecular formula is C22H21N3O11S2. The van der Waals surface area contributed by atoms with Gasteiger partial charge in [-0.05, 0) is 54.3 Å². The van der Waals surface area contributed by atoms with Crippen LogP contribution in [0.2, 0.25) is 0 Å². The summed E-state index contributed by atoms with van der Waals surface area (Å²) in [7, 11) is -4.56. The van der Waals surface area contributed by atoms with E-state index in [9.17, 15) is 42.8 Å². The molecule has 1 heterocycles. The van der Waals surface area contributed by atoms with Crippen LogP contribution in [0.5, 0.6) is 0 Å². The van der Waals surface area contributed by atoms with Crippen LogP contribution in [0.1, 0.15) is 12.0 Å². The van der Waals surface area contributed by atoms with Crippen LogP contribution in [-0.2, 0) is 31.1 Å². The van der Waals surface area contributed by atoms with E-state index in [4.69, 9.17) is 9.29 Å². The van der Waals surface area contributed by atoms with Gasteiger partial charge in [0.05, 0.1) is 15.5 Å². The highest BCUT2D eigenvalue weighted by molar-refractivity contribution is 7.96. The number of non-ortho nitro benzene ring substituents is 1. The zero-order valence-electron chi connectivity index (χ0n) is 19.4. The number of rotatable bonds is 8. The topological polar surface area (TPSA) is 202 Å². The van der Waals surface area contributed by atoms with E-state index < -0.39 is 55.0 Å². The Morgan fingerprint density at radius 3 is 2.24 bits per heavy atom. The van der Waals surface area contributed by atoms with Crippen molar-refractivity contribution in [3.63, 3.8) is 0 Å². The Kier molecular flexibility index (Phi) is 8.70. The fraction of sp³-hybridized carbons (Fsp3) is 0.273. The number of anilines is 1. The number of hydrogen-bond donors (Lipinski definition) is 3. The largest absolute Gasteiger partial charge is 0.464 e. The molecule has 2 N–H and O–H groups in total. The predicted molar refractivity (Wildman–Crippen MR) is 132 cm³/mol. The first-order chi connectivity index (χ1) is 17.8. The molecule has 2 aromatic carbocycles. The fourth-order valence-electron chi connectivity index (χ4n) is 3.92. The van der Waals surface area contributed by atoms with Crippen molar-refractivity contribution in [2.45, 2.75) is 17.9 Å². The maximum Gasteiger partial charge on any atom is 0.418 e. The minimum absolute atomic E-state index is 0.102. The maximum atomic E-state index is 13.2. The van der Waals surface area contributed by atoms with E-state index in [1.165, 1.54) is 29.2 Å². The summed E-state index contributed by atoms with van der Waals surface area (Å²) in [6.45, 7) is -0.195. The number of nitrogens with zero attached hydrogens (tertiary/aromatic N) is 3. The molecule has 38 heavy (non-hydrogen) atoms. The third-order valence-electron chi connectivity index (χ3n) is 5.80. The Balaban J connectivity index is 1.70. The second kappa shape index (κ2) is 11.6. The number of thiol groups is 1. The molecule has 0 aromatic heterocycles. The maximum absolute atomic E-state index is 13.2. The standard InChI is InChI=1S/C22H21N3O11S2/c26-19(24(21(28)29)15-5-7-17(8-6-15)38(33,34)35)18(20(27)37)14-9-10-23(11-14)22(30)36-12-13-1-3-16(4-2-13)25(31)32/h1-8,14,18H,9-12H2,(H,27,37)(H,28,29)(H,33,34,35)/t14-,18+/m1/s1. The third kappa shape index (κ3) is 6.64. The minimum Gasteiger partial charge on any atom is -0.464 e. The lowest BCUT2D eigenvalue weighted by atomic mass is 9.91. The zero-order chi connectivity index (χ0) is 28.2. The SMILES string of the molecule is O=C(S)[C@H](C(=O)N(C(=O)O)c1ccc(S(=O)(=O)O)cc1)[C@@H]1CCN(C(=O)OCc2ccc([N+](=O)[O-])cc2)C1. The lowest BCUT2D eigenvalue weighted by molar-refractivity contribution is -0.384. The van der Waals surface area contributed by atoms with E-state index >= 15 is 0 Å². The van der Waals surface area contributed by atoms with Crippen molar-refractivity contribution in [2.24, 2.45) is 11.8 Å². The van der Waals surface area contributed by atoms with Gasteiger partial charge in [-0.2, -0.15) is 8.42 Å². The Bertz CT molecular complexity index is 1360. The molecule has 0 radical (unpaired) electrons. The molecule has 2 aromatic rings. The monoisotopic (exact) mass is 567 g/mol. The first-order valence-corrected chi connectivity index (χ1v) is 12.7. The van der Waals surface area contributed by atoms with E-state index in [-0.39, 0.29) is 42.4 Å². The van der Waals surface area contributed by atoms with Crippen molar-refractivity contribution < 1.29 is 46.9 Å². The molecule has 0 saturated carbocycles. The molecule has 14 nitrogen and oxygen atoms in total. The fourth-order valence-corrected chi connectivity index (χ4v) is 4.72. The number of carbonyl (C=O) groups is 4. The van der Waals surface area contributed by atoms with Crippen LogP contribution >= 0.6 is 12.6 Å². The summed E-state index contributed by atoms with van der Waals surface area (Å²) in [4.78, 5) is 61.0. The van der Waals surface area contributed by atoms with Gasteiger partial charge in [0.2, 0.25) is 5.91 Å². The van der Waals surface area contributed by atoms with Crippen LogP contribution < -0.4 is 4.90 Å². The van der Waals surface area contributed by atoms with Gasteiger partial charge in [0.15, 0.2) is 5.12 Å². The van der Waals surface area contributed by atoms with E-state index in [0.29, 0.717) is 5.56 Å². The minimum atomic E-state index is -4.56. The van der Waals surface area contributed by atoms with Gasteiger partial charge in [-0.15, -0.1) is 12.6 Å². The molecule has 2 atom stereocenters. The normalized spacial score (nSPS) is 15.9. The van der Waals surface area contributed by atoms with Crippen LogP contribution in [-0.4, -0.2) is 64.2 Å². The summed E-state index contributed by atoms with van der Waals surface area (Å²) >= 11 is 3.76. The van der Waals surface area contributed by atoms with Gasteiger partial charge in [0, 0.05) is 25.2 Å². The highest BCUT2D eigenvalue weighted by Crippen LogP contribution is 2.30. The Labute approximate surface area is 221 Å². The number of imide groups is 1. The summed E-state index contributed by atoms with van der Waals surface area (Å²) in [5, 5.41) is 19.5. The lowest BCUT2D eigenvalue weighted by Gasteiger charge is -2.25. The Morgan fingerprint density at radius 2 is 1.74 bits per heavy atom. The molecule has 1 saturated heterocycles. The molecule has 1 aliphatic rings. The summed E-state index contributed by atoms with van der Waals surface area (Å²) in [6.07, 6.45) is -2.35. The molecule has 0 aliphatic carbocycles. The molecule has 3 amide bonds. The highest BCUT2D eigenvalue weighted by Gasteiger charge is 2.43. The molecule has 3 rings (SSSR count). The zero-order valence-corrected chi connectivity index (χ0v) is 21.1. The quantitative estimate of drug-likeness (QED) is 0.139. The molecule has 202 valence electrons. The van der Waals surface area contributed by atoms with Gasteiger partial charge in [-0.25, -0.2) is 14.5 Å². The second-order valence-electron chi connectivity index (χ2n) is 8.21. The molecule has 0 bridgehead atoms. The molecular weight excluding hydrogens is 546 g/mol. The van der Waals surface area contributed by atoms with Crippen molar-refractivity contribution in [1.82, 2.24) is 4.90 Å². The number of ether oxygens (including phenoxy) is 1. The Morgan fingerprint density at radius 1 is 1.13 bits per heavy atom. The number of nitro groups is 1. The van der Waals surface area contributed by atoms with Crippen molar-refractivity contribution in [1.29, 1.82) is 0 Å². The number of benzene rings is 2. The van der Waals surface area contributed by atoms with Crippen molar-refractivity contribution >= 4 is 57.3 Å². The van der Waals surface area contributed by atoms with Crippen LogP contribution in [0.4, 0.5) is 21.0 Å². The third-order valence-corrected chi connectivity index (χ3v) is 6.95. The Hall–Kier alpha value is -4.02. The summed E-state index contributed by atoms with van der Waals surface area (Å²) in [5.41, 5.74) is 0.0987. The van der Waals surface area contributed by atoms with Gasteiger partial charge < -0.3 is 14.7 Å². The number of hydrogen-bond acceptors (Lipinski definition) is 9. The molecule has 1 aliphatic heterocycles. The van der Waals surface area contributed by atoms with Crippen molar-refractivity contribution in [3.05, 3.63) is 64.2 Å². The number of carboxylic acid groups (broad SMARTS) is 1. The number of amides is 3. The van der Waals surface area contributed by atoms with Crippen LogP contribution in [0, 0.1) is 22.0 Å². The van der Waals surface area contributed by atoms with Crippen LogP contribution in [0.25, 0.3) is 0 Å². The molecule has 1 fully saturated rings.